The smallest absolute Gasteiger partial charge is 0.315 e. The van der Waals surface area contributed by atoms with Crippen molar-refractivity contribution in [2.45, 2.75) is 90.0 Å². The molecule has 0 bridgehead atoms. The summed E-state index contributed by atoms with van der Waals surface area (Å²) in [6, 6.07) is 8.49. The Morgan fingerprint density at radius 2 is 1.55 bits per heavy atom. The predicted molar refractivity (Wildman–Crippen MR) is 134 cm³/mol. The first-order chi connectivity index (χ1) is 16.0. The van der Waals surface area contributed by atoms with Crippen molar-refractivity contribution in [1.29, 1.82) is 0 Å². The highest BCUT2D eigenvalue weighted by Crippen LogP contribution is 2.36. The van der Waals surface area contributed by atoms with Gasteiger partial charge in [-0.3, -0.25) is 9.59 Å². The number of nitrogens with zero attached hydrogens (tertiary/aromatic N) is 1. The second-order valence-electron chi connectivity index (χ2n) is 8.94. The Morgan fingerprint density at radius 3 is 2.18 bits per heavy atom. The van der Waals surface area contributed by atoms with E-state index in [0.29, 0.717) is 40.9 Å². The van der Waals surface area contributed by atoms with Gasteiger partial charge in [0.15, 0.2) is 0 Å². The number of aromatic nitrogens is 1. The maximum atomic E-state index is 13.0. The molecule has 1 atom stereocenters. The zero-order valence-electron chi connectivity index (χ0n) is 19.6. The number of unbranched alkanes of at least 4 members (excludes halogenated alkanes) is 9. The van der Waals surface area contributed by atoms with Crippen LogP contribution in [0.15, 0.2) is 30.3 Å². The second kappa shape index (κ2) is 13.2. The van der Waals surface area contributed by atoms with E-state index in [2.05, 4.69) is 6.92 Å². The molecule has 33 heavy (non-hydrogen) atoms. The van der Waals surface area contributed by atoms with Gasteiger partial charge < -0.3 is 9.30 Å². The molecule has 0 amide bonds. The Kier molecular flexibility index (Phi) is 10.3. The van der Waals surface area contributed by atoms with Crippen LogP contribution in [0.5, 0.6) is 0 Å². The van der Waals surface area contributed by atoms with E-state index in [1.54, 1.807) is 30.3 Å². The van der Waals surface area contributed by atoms with Gasteiger partial charge in [-0.15, -0.1) is 0 Å². The third-order valence-electron chi connectivity index (χ3n) is 6.43. The number of ketones is 1. The van der Waals surface area contributed by atoms with Crippen LogP contribution in [0.3, 0.4) is 0 Å². The first-order valence-corrected chi connectivity index (χ1v) is 13.1. The van der Waals surface area contributed by atoms with E-state index in [4.69, 9.17) is 27.9 Å². The summed E-state index contributed by atoms with van der Waals surface area (Å²) in [5, 5.41) is 0.945. The van der Waals surface area contributed by atoms with Crippen LogP contribution in [0.25, 0.3) is 0 Å². The first-order valence-electron chi connectivity index (χ1n) is 12.4. The molecule has 6 heteroatoms. The van der Waals surface area contributed by atoms with Gasteiger partial charge in [0.05, 0.1) is 17.5 Å². The van der Waals surface area contributed by atoms with Crippen LogP contribution in [0, 0.1) is 0 Å². The van der Waals surface area contributed by atoms with Crippen LogP contribution in [-0.4, -0.2) is 22.9 Å². The van der Waals surface area contributed by atoms with Crippen LogP contribution < -0.4 is 0 Å². The van der Waals surface area contributed by atoms with Crippen molar-refractivity contribution in [2.75, 3.05) is 6.61 Å². The third-order valence-corrected chi connectivity index (χ3v) is 6.97. The molecule has 1 aliphatic rings. The summed E-state index contributed by atoms with van der Waals surface area (Å²) in [5.74, 6) is -0.746. The van der Waals surface area contributed by atoms with Crippen molar-refractivity contribution in [3.8, 4) is 0 Å². The molecule has 2 heterocycles. The molecular formula is C27H35Cl2NO3. The summed E-state index contributed by atoms with van der Waals surface area (Å²) in [7, 11) is 0. The monoisotopic (exact) mass is 491 g/mol. The lowest BCUT2D eigenvalue weighted by molar-refractivity contribution is -0.145. The van der Waals surface area contributed by atoms with Crippen molar-refractivity contribution < 1.29 is 14.3 Å². The summed E-state index contributed by atoms with van der Waals surface area (Å²) in [5.41, 5.74) is 1.72. The van der Waals surface area contributed by atoms with Crippen LogP contribution in [0.4, 0.5) is 0 Å². The van der Waals surface area contributed by atoms with E-state index in [1.807, 2.05) is 4.57 Å². The molecule has 0 saturated carbocycles. The van der Waals surface area contributed by atoms with Gasteiger partial charge in [0.25, 0.3) is 0 Å². The molecule has 0 N–H and O–H groups in total. The molecule has 1 unspecified atom stereocenters. The van der Waals surface area contributed by atoms with Crippen molar-refractivity contribution in [1.82, 2.24) is 4.57 Å². The lowest BCUT2D eigenvalue weighted by Crippen LogP contribution is -2.14. The zero-order chi connectivity index (χ0) is 23.6. The van der Waals surface area contributed by atoms with E-state index in [9.17, 15) is 9.59 Å². The molecule has 4 nitrogen and oxygen atoms in total. The van der Waals surface area contributed by atoms with Crippen LogP contribution in [0.1, 0.15) is 105 Å². The third kappa shape index (κ3) is 7.10. The number of fused-ring (bicyclic) bond motifs is 1. The minimum absolute atomic E-state index is 0.165. The molecule has 0 radical (unpaired) electrons. The number of benzene rings is 1. The van der Waals surface area contributed by atoms with Crippen molar-refractivity contribution in [3.63, 3.8) is 0 Å². The van der Waals surface area contributed by atoms with Gasteiger partial charge in [-0.05, 0) is 43.2 Å². The fourth-order valence-electron chi connectivity index (χ4n) is 4.54. The Balaban J connectivity index is 1.43. The fraction of sp³-hybridized carbons (Fsp3) is 0.556. The van der Waals surface area contributed by atoms with Gasteiger partial charge in [-0.2, -0.15) is 0 Å². The van der Waals surface area contributed by atoms with Crippen LogP contribution >= 0.6 is 23.2 Å². The number of hydrogen-bond donors (Lipinski definition) is 0. The number of carbonyl (C=O) groups is 2. The van der Waals surface area contributed by atoms with Gasteiger partial charge in [-0.25, -0.2) is 0 Å². The summed E-state index contributed by atoms with van der Waals surface area (Å²) >= 11 is 12.3. The predicted octanol–water partition coefficient (Wildman–Crippen LogP) is 7.98. The quantitative estimate of drug-likeness (QED) is 0.153. The molecular weight excluding hydrogens is 457 g/mol. The zero-order valence-corrected chi connectivity index (χ0v) is 21.1. The number of esters is 1. The highest BCUT2D eigenvalue weighted by atomic mass is 35.5. The topological polar surface area (TPSA) is 48.3 Å². The summed E-state index contributed by atoms with van der Waals surface area (Å²) in [6.45, 7) is 3.28. The van der Waals surface area contributed by atoms with Gasteiger partial charge in [-0.1, -0.05) is 87.9 Å². The molecule has 1 aliphatic heterocycles. The number of rotatable bonds is 14. The van der Waals surface area contributed by atoms with Crippen molar-refractivity contribution in [3.05, 3.63) is 57.3 Å². The molecule has 0 aliphatic carbocycles. The maximum Gasteiger partial charge on any atom is 0.315 e. The minimum Gasteiger partial charge on any atom is -0.465 e. The normalized spacial score (nSPS) is 14.9. The van der Waals surface area contributed by atoms with Crippen molar-refractivity contribution in [2.24, 2.45) is 0 Å². The van der Waals surface area contributed by atoms with E-state index in [1.165, 1.54) is 51.4 Å². The Morgan fingerprint density at radius 1 is 0.939 bits per heavy atom. The van der Waals surface area contributed by atoms with Gasteiger partial charge in [0.2, 0.25) is 5.78 Å². The second-order valence-corrected chi connectivity index (χ2v) is 9.79. The largest absolute Gasteiger partial charge is 0.465 e. The lowest BCUT2D eigenvalue weighted by Gasteiger charge is -2.10. The Hall–Kier alpha value is -1.78. The van der Waals surface area contributed by atoms with E-state index < -0.39 is 0 Å². The van der Waals surface area contributed by atoms with E-state index in [0.717, 1.165) is 18.5 Å². The Labute approximate surface area is 207 Å². The molecule has 3 rings (SSSR count). The molecule has 2 aromatic rings. The average Bonchev–Trinajstić information content (AvgIpc) is 3.35. The number of ether oxygens (including phenoxy) is 1. The molecule has 1 aromatic carbocycles. The lowest BCUT2D eigenvalue weighted by atomic mass is 10.0. The van der Waals surface area contributed by atoms with E-state index >= 15 is 0 Å². The molecule has 180 valence electrons. The molecule has 1 aromatic heterocycles. The SMILES string of the molecule is CCCCCCCCCCCCOC(=O)C1CCn2c1cc(Cl)c2C(=O)c1ccc(Cl)cc1. The number of halogens is 2. The average molecular weight is 492 g/mol. The molecule has 0 spiro atoms. The van der Waals surface area contributed by atoms with Gasteiger partial charge in [0, 0.05) is 22.8 Å². The maximum absolute atomic E-state index is 13.0. The highest BCUT2D eigenvalue weighted by molar-refractivity contribution is 6.35. The Bertz CT molecular complexity index is 920. The van der Waals surface area contributed by atoms with Crippen LogP contribution in [0.2, 0.25) is 10.0 Å². The summed E-state index contributed by atoms with van der Waals surface area (Å²) in [4.78, 5) is 25.7. The van der Waals surface area contributed by atoms with E-state index in [-0.39, 0.29) is 17.7 Å². The summed E-state index contributed by atoms with van der Waals surface area (Å²) < 4.78 is 7.43. The highest BCUT2D eigenvalue weighted by Gasteiger charge is 2.35. The fourth-order valence-corrected chi connectivity index (χ4v) is 4.97. The standard InChI is InChI=1S/C27H35Cl2NO3/c1-2-3-4-5-6-7-8-9-10-11-18-33-27(32)22-16-17-30-24(22)19-23(29)25(30)26(31)20-12-14-21(28)15-13-20/h12-15,19,22H,2-11,16-18H2,1H3. The van der Waals surface area contributed by atoms with Gasteiger partial charge >= 0.3 is 5.97 Å². The minimum atomic E-state index is -0.364. The number of hydrogen-bond acceptors (Lipinski definition) is 3. The van der Waals surface area contributed by atoms with Crippen LogP contribution in [-0.2, 0) is 16.1 Å². The number of carbonyl (C=O) groups excluding carboxylic acids is 2. The molecule has 0 fully saturated rings. The first kappa shape index (κ1) is 25.8. The molecule has 0 saturated heterocycles. The van der Waals surface area contributed by atoms with Crippen molar-refractivity contribution >= 4 is 35.0 Å². The summed E-state index contributed by atoms with van der Waals surface area (Å²) in [6.07, 6.45) is 13.1. The van der Waals surface area contributed by atoms with Gasteiger partial charge in [0.1, 0.15) is 5.69 Å².